The largest absolute Gasteiger partial charge is 0.439 e. The van der Waals surface area contributed by atoms with E-state index in [2.05, 4.69) is 16.9 Å². The second-order valence-corrected chi connectivity index (χ2v) is 4.26. The SMILES string of the molecule is Cc1ccc2oc(CCC(C)CN)nc2n1. The maximum Gasteiger partial charge on any atom is 0.199 e. The van der Waals surface area contributed by atoms with Crippen LogP contribution in [0.3, 0.4) is 0 Å². The topological polar surface area (TPSA) is 64.9 Å². The second-order valence-electron chi connectivity index (χ2n) is 4.26. The molecule has 0 aliphatic heterocycles. The molecule has 0 aliphatic carbocycles. The molecule has 0 radical (unpaired) electrons. The van der Waals surface area contributed by atoms with E-state index in [1.165, 1.54) is 0 Å². The van der Waals surface area contributed by atoms with Gasteiger partial charge in [0.15, 0.2) is 17.1 Å². The van der Waals surface area contributed by atoms with Crippen molar-refractivity contribution in [3.8, 4) is 0 Å². The first-order chi connectivity index (χ1) is 7.69. The Morgan fingerprint density at radius 3 is 2.94 bits per heavy atom. The van der Waals surface area contributed by atoms with Gasteiger partial charge in [0.1, 0.15) is 0 Å². The highest BCUT2D eigenvalue weighted by Crippen LogP contribution is 2.16. The number of nitrogens with zero attached hydrogens (tertiary/aromatic N) is 2. The fourth-order valence-corrected chi connectivity index (χ4v) is 1.55. The average molecular weight is 219 g/mol. The lowest BCUT2D eigenvalue weighted by Gasteiger charge is -2.04. The molecule has 86 valence electrons. The molecule has 2 rings (SSSR count). The van der Waals surface area contributed by atoms with Crippen LogP contribution in [0.5, 0.6) is 0 Å². The van der Waals surface area contributed by atoms with Crippen LogP contribution in [0.4, 0.5) is 0 Å². The molecule has 0 saturated heterocycles. The second kappa shape index (κ2) is 4.61. The molecule has 4 heteroatoms. The number of nitrogens with two attached hydrogens (primary N) is 1. The van der Waals surface area contributed by atoms with Gasteiger partial charge >= 0.3 is 0 Å². The van der Waals surface area contributed by atoms with Crippen molar-refractivity contribution in [2.24, 2.45) is 11.7 Å². The van der Waals surface area contributed by atoms with E-state index < -0.39 is 0 Å². The van der Waals surface area contributed by atoms with Crippen molar-refractivity contribution in [1.82, 2.24) is 9.97 Å². The molecule has 2 aromatic rings. The van der Waals surface area contributed by atoms with Gasteiger partial charge < -0.3 is 10.2 Å². The molecule has 0 spiro atoms. The summed E-state index contributed by atoms with van der Waals surface area (Å²) >= 11 is 0. The van der Waals surface area contributed by atoms with Gasteiger partial charge in [-0.25, -0.2) is 4.98 Å². The van der Waals surface area contributed by atoms with Gasteiger partial charge in [0.2, 0.25) is 0 Å². The van der Waals surface area contributed by atoms with E-state index in [4.69, 9.17) is 10.2 Å². The first-order valence-corrected chi connectivity index (χ1v) is 5.62. The minimum atomic E-state index is 0.504. The summed E-state index contributed by atoms with van der Waals surface area (Å²) < 4.78 is 5.60. The summed E-state index contributed by atoms with van der Waals surface area (Å²) in [5.41, 5.74) is 8.00. The molecule has 0 amide bonds. The summed E-state index contributed by atoms with van der Waals surface area (Å²) in [5.74, 6) is 1.26. The molecule has 1 unspecified atom stereocenters. The van der Waals surface area contributed by atoms with Crippen molar-refractivity contribution in [2.75, 3.05) is 6.54 Å². The van der Waals surface area contributed by atoms with Crippen LogP contribution in [-0.4, -0.2) is 16.5 Å². The summed E-state index contributed by atoms with van der Waals surface area (Å²) in [6.45, 7) is 4.78. The predicted molar refractivity (Wildman–Crippen MR) is 63.1 cm³/mol. The molecule has 2 aromatic heterocycles. The van der Waals surface area contributed by atoms with E-state index in [0.29, 0.717) is 18.1 Å². The average Bonchev–Trinajstić information content (AvgIpc) is 2.67. The van der Waals surface area contributed by atoms with Crippen LogP contribution in [0.25, 0.3) is 11.2 Å². The number of hydrogen-bond donors (Lipinski definition) is 1. The van der Waals surface area contributed by atoms with Gasteiger partial charge in [-0.3, -0.25) is 0 Å². The maximum absolute atomic E-state index is 5.60. The van der Waals surface area contributed by atoms with E-state index in [1.54, 1.807) is 0 Å². The van der Waals surface area contributed by atoms with Crippen molar-refractivity contribution in [1.29, 1.82) is 0 Å². The van der Waals surface area contributed by atoms with E-state index in [-0.39, 0.29) is 0 Å². The lowest BCUT2D eigenvalue weighted by molar-refractivity contribution is 0.471. The number of hydrogen-bond acceptors (Lipinski definition) is 4. The summed E-state index contributed by atoms with van der Waals surface area (Å²) in [4.78, 5) is 8.68. The smallest absolute Gasteiger partial charge is 0.199 e. The number of pyridine rings is 1. The van der Waals surface area contributed by atoms with Crippen LogP contribution in [0.15, 0.2) is 16.5 Å². The van der Waals surface area contributed by atoms with Gasteiger partial charge in [0.25, 0.3) is 0 Å². The predicted octanol–water partition coefficient (Wildman–Crippen LogP) is 2.06. The molecule has 0 fully saturated rings. The molecule has 0 aromatic carbocycles. The molecular formula is C12H17N3O. The van der Waals surface area contributed by atoms with E-state index in [9.17, 15) is 0 Å². The van der Waals surface area contributed by atoms with Gasteiger partial charge in [-0.2, -0.15) is 4.98 Å². The van der Waals surface area contributed by atoms with Gasteiger partial charge in [0.05, 0.1) is 0 Å². The fraction of sp³-hybridized carbons (Fsp3) is 0.500. The van der Waals surface area contributed by atoms with E-state index >= 15 is 0 Å². The van der Waals surface area contributed by atoms with Crippen LogP contribution < -0.4 is 5.73 Å². The normalized spacial score (nSPS) is 13.2. The Bertz CT molecular complexity index is 478. The van der Waals surface area contributed by atoms with Crippen molar-refractivity contribution in [2.45, 2.75) is 26.7 Å². The van der Waals surface area contributed by atoms with Crippen molar-refractivity contribution in [3.63, 3.8) is 0 Å². The molecule has 0 saturated carbocycles. The van der Waals surface area contributed by atoms with Gasteiger partial charge in [-0.1, -0.05) is 6.92 Å². The highest BCUT2D eigenvalue weighted by Gasteiger charge is 2.08. The minimum absolute atomic E-state index is 0.504. The van der Waals surface area contributed by atoms with Crippen LogP contribution in [-0.2, 0) is 6.42 Å². The van der Waals surface area contributed by atoms with E-state index in [0.717, 1.165) is 30.0 Å². The number of aryl methyl sites for hydroxylation is 2. The minimum Gasteiger partial charge on any atom is -0.439 e. The Balaban J connectivity index is 2.13. The fourth-order valence-electron chi connectivity index (χ4n) is 1.55. The summed E-state index contributed by atoms with van der Waals surface area (Å²) in [6.07, 6.45) is 1.83. The van der Waals surface area contributed by atoms with Crippen LogP contribution in [0, 0.1) is 12.8 Å². The Kier molecular flexibility index (Phi) is 3.19. The molecule has 16 heavy (non-hydrogen) atoms. The van der Waals surface area contributed by atoms with Crippen molar-refractivity contribution < 1.29 is 4.42 Å². The molecule has 0 bridgehead atoms. The van der Waals surface area contributed by atoms with Crippen LogP contribution >= 0.6 is 0 Å². The highest BCUT2D eigenvalue weighted by molar-refractivity contribution is 5.67. The molecular weight excluding hydrogens is 202 g/mol. The number of rotatable bonds is 4. The van der Waals surface area contributed by atoms with E-state index in [1.807, 2.05) is 19.1 Å². The third-order valence-corrected chi connectivity index (χ3v) is 2.69. The maximum atomic E-state index is 5.60. The van der Waals surface area contributed by atoms with Crippen molar-refractivity contribution in [3.05, 3.63) is 23.7 Å². The molecule has 4 nitrogen and oxygen atoms in total. The van der Waals surface area contributed by atoms with Gasteiger partial charge in [0, 0.05) is 12.1 Å². The standard InChI is InChI=1S/C12H17N3O/c1-8(7-13)3-6-11-15-12-10(16-11)5-4-9(2)14-12/h4-5,8H,3,6-7,13H2,1-2H3. The molecule has 2 heterocycles. The quantitative estimate of drug-likeness (QED) is 0.854. The molecule has 1 atom stereocenters. The van der Waals surface area contributed by atoms with Gasteiger partial charge in [-0.05, 0) is 37.9 Å². The number of fused-ring (bicyclic) bond motifs is 1. The zero-order valence-electron chi connectivity index (χ0n) is 9.73. The third-order valence-electron chi connectivity index (χ3n) is 2.69. The Morgan fingerprint density at radius 1 is 1.38 bits per heavy atom. The number of aromatic nitrogens is 2. The summed E-state index contributed by atoms with van der Waals surface area (Å²) in [5, 5.41) is 0. The summed E-state index contributed by atoms with van der Waals surface area (Å²) in [6, 6.07) is 3.85. The Hall–Kier alpha value is -1.42. The zero-order valence-corrected chi connectivity index (χ0v) is 9.73. The Labute approximate surface area is 94.9 Å². The first-order valence-electron chi connectivity index (χ1n) is 5.62. The zero-order chi connectivity index (χ0) is 11.5. The van der Waals surface area contributed by atoms with Crippen LogP contribution in [0.2, 0.25) is 0 Å². The molecule has 0 aliphatic rings. The lowest BCUT2D eigenvalue weighted by atomic mass is 10.1. The Morgan fingerprint density at radius 2 is 2.19 bits per heavy atom. The highest BCUT2D eigenvalue weighted by atomic mass is 16.3. The molecule has 2 N–H and O–H groups in total. The monoisotopic (exact) mass is 219 g/mol. The lowest BCUT2D eigenvalue weighted by Crippen LogP contribution is -2.11. The van der Waals surface area contributed by atoms with Gasteiger partial charge in [-0.15, -0.1) is 0 Å². The first kappa shape index (κ1) is 11.1. The van der Waals surface area contributed by atoms with Crippen LogP contribution in [0.1, 0.15) is 24.9 Å². The summed E-state index contributed by atoms with van der Waals surface area (Å²) in [7, 11) is 0. The third kappa shape index (κ3) is 2.39. The number of oxazole rings is 1. The van der Waals surface area contributed by atoms with Crippen molar-refractivity contribution >= 4 is 11.2 Å².